The predicted octanol–water partition coefficient (Wildman–Crippen LogP) is 4.24. The molecule has 2 aromatic carbocycles. The van der Waals surface area contributed by atoms with Gasteiger partial charge in [-0.1, -0.05) is 35.9 Å². The highest BCUT2D eigenvalue weighted by molar-refractivity contribution is 6.30. The molecule has 0 saturated heterocycles. The monoisotopic (exact) mass is 315 g/mol. The van der Waals surface area contributed by atoms with Crippen molar-refractivity contribution in [1.82, 2.24) is 5.32 Å². The molecule has 0 unspecified atom stereocenters. The van der Waals surface area contributed by atoms with Crippen LogP contribution in [0, 0.1) is 0 Å². The zero-order valence-corrected chi connectivity index (χ0v) is 13.3. The molecule has 2 aromatic rings. The minimum absolute atomic E-state index is 0.0784. The second kappa shape index (κ2) is 7.66. The summed E-state index contributed by atoms with van der Waals surface area (Å²) in [6.45, 7) is 1.93. The van der Waals surface area contributed by atoms with E-state index in [1.807, 2.05) is 55.5 Å². The molecular weight excluding hydrogens is 298 g/mol. The number of benzene rings is 2. The van der Waals surface area contributed by atoms with Gasteiger partial charge in [0, 0.05) is 11.1 Å². The van der Waals surface area contributed by atoms with E-state index < -0.39 is 0 Å². The molecule has 0 fully saturated rings. The Bertz CT molecular complexity index is 648. The molecule has 0 heterocycles. The van der Waals surface area contributed by atoms with E-state index in [1.54, 1.807) is 13.2 Å². The fourth-order valence-corrected chi connectivity index (χ4v) is 2.11. The summed E-state index contributed by atoms with van der Waals surface area (Å²) in [5.74, 6) is 0.649. The molecular formula is C18H18ClNO2. The Labute approximate surface area is 135 Å². The highest BCUT2D eigenvalue weighted by Gasteiger charge is 2.07. The first kappa shape index (κ1) is 16.1. The second-order valence-corrected chi connectivity index (χ2v) is 5.32. The number of hydrogen-bond donors (Lipinski definition) is 1. The summed E-state index contributed by atoms with van der Waals surface area (Å²) in [7, 11) is 1.62. The van der Waals surface area contributed by atoms with Crippen LogP contribution in [0.1, 0.15) is 24.1 Å². The van der Waals surface area contributed by atoms with Crippen molar-refractivity contribution >= 4 is 23.6 Å². The number of halogens is 1. The maximum absolute atomic E-state index is 11.9. The number of methoxy groups -OCH3 is 1. The van der Waals surface area contributed by atoms with E-state index in [1.165, 1.54) is 6.08 Å². The lowest BCUT2D eigenvalue weighted by Gasteiger charge is -2.12. The molecule has 1 N–H and O–H groups in total. The molecule has 0 aromatic heterocycles. The molecule has 0 spiro atoms. The number of rotatable bonds is 5. The van der Waals surface area contributed by atoms with Gasteiger partial charge in [0.15, 0.2) is 0 Å². The fourth-order valence-electron chi connectivity index (χ4n) is 1.98. The van der Waals surface area contributed by atoms with Crippen LogP contribution >= 0.6 is 11.6 Å². The Kier molecular flexibility index (Phi) is 5.61. The van der Waals surface area contributed by atoms with Crippen LogP contribution in [0.5, 0.6) is 5.75 Å². The van der Waals surface area contributed by atoms with E-state index in [9.17, 15) is 4.79 Å². The van der Waals surface area contributed by atoms with Gasteiger partial charge in [0.05, 0.1) is 13.2 Å². The van der Waals surface area contributed by atoms with E-state index in [2.05, 4.69) is 5.32 Å². The second-order valence-electron chi connectivity index (χ2n) is 4.89. The highest BCUT2D eigenvalue weighted by Crippen LogP contribution is 2.16. The van der Waals surface area contributed by atoms with Crippen molar-refractivity contribution in [3.63, 3.8) is 0 Å². The summed E-state index contributed by atoms with van der Waals surface area (Å²) < 4.78 is 5.09. The van der Waals surface area contributed by atoms with Crippen molar-refractivity contribution in [3.8, 4) is 5.75 Å². The van der Waals surface area contributed by atoms with E-state index >= 15 is 0 Å². The van der Waals surface area contributed by atoms with Gasteiger partial charge in [0.2, 0.25) is 5.91 Å². The molecule has 0 saturated carbocycles. The van der Waals surface area contributed by atoms with Gasteiger partial charge in [-0.2, -0.15) is 0 Å². The number of ether oxygens (including phenoxy) is 1. The molecule has 1 amide bonds. The van der Waals surface area contributed by atoms with Crippen LogP contribution in [0.25, 0.3) is 6.08 Å². The van der Waals surface area contributed by atoms with Gasteiger partial charge >= 0.3 is 0 Å². The Hall–Kier alpha value is -2.26. The number of hydrogen-bond acceptors (Lipinski definition) is 2. The number of nitrogens with one attached hydrogen (secondary N) is 1. The Morgan fingerprint density at radius 1 is 1.14 bits per heavy atom. The van der Waals surface area contributed by atoms with Crippen molar-refractivity contribution in [1.29, 1.82) is 0 Å². The largest absolute Gasteiger partial charge is 0.497 e. The first-order chi connectivity index (χ1) is 10.6. The number of carbonyl (C=O) groups excluding carboxylic acids is 1. The van der Waals surface area contributed by atoms with Crippen LogP contribution in [-0.4, -0.2) is 13.0 Å². The zero-order valence-electron chi connectivity index (χ0n) is 12.5. The minimum Gasteiger partial charge on any atom is -0.497 e. The fraction of sp³-hybridized carbons (Fsp3) is 0.167. The summed E-state index contributed by atoms with van der Waals surface area (Å²) >= 11 is 5.85. The van der Waals surface area contributed by atoms with Crippen molar-refractivity contribution < 1.29 is 9.53 Å². The van der Waals surface area contributed by atoms with E-state index in [-0.39, 0.29) is 11.9 Å². The molecule has 0 aliphatic heterocycles. The SMILES string of the molecule is COc1ccc(/C=C/C(=O)N[C@H](C)c2ccc(Cl)cc2)cc1. The first-order valence-electron chi connectivity index (χ1n) is 6.96. The van der Waals surface area contributed by atoms with Crippen LogP contribution in [0.3, 0.4) is 0 Å². The molecule has 22 heavy (non-hydrogen) atoms. The quantitative estimate of drug-likeness (QED) is 0.838. The Morgan fingerprint density at radius 2 is 1.77 bits per heavy atom. The molecule has 2 rings (SSSR count). The molecule has 0 bridgehead atoms. The first-order valence-corrected chi connectivity index (χ1v) is 7.34. The summed E-state index contributed by atoms with van der Waals surface area (Å²) in [5.41, 5.74) is 1.95. The van der Waals surface area contributed by atoms with Gasteiger partial charge < -0.3 is 10.1 Å². The lowest BCUT2D eigenvalue weighted by molar-refractivity contribution is -0.117. The van der Waals surface area contributed by atoms with E-state index in [0.29, 0.717) is 5.02 Å². The van der Waals surface area contributed by atoms with Gasteiger partial charge in [-0.05, 0) is 48.4 Å². The molecule has 1 atom stereocenters. The third kappa shape index (κ3) is 4.64. The third-order valence-corrected chi connectivity index (χ3v) is 3.52. The maximum atomic E-state index is 11.9. The molecule has 0 radical (unpaired) electrons. The topological polar surface area (TPSA) is 38.3 Å². The number of amides is 1. The van der Waals surface area contributed by atoms with Gasteiger partial charge in [-0.15, -0.1) is 0 Å². The molecule has 4 heteroatoms. The molecule has 3 nitrogen and oxygen atoms in total. The predicted molar refractivity (Wildman–Crippen MR) is 90.0 cm³/mol. The van der Waals surface area contributed by atoms with Crippen LogP contribution in [0.15, 0.2) is 54.6 Å². The van der Waals surface area contributed by atoms with Crippen LogP contribution in [0.2, 0.25) is 5.02 Å². The minimum atomic E-state index is -0.140. The maximum Gasteiger partial charge on any atom is 0.244 e. The summed E-state index contributed by atoms with van der Waals surface area (Å²) in [5, 5.41) is 3.60. The van der Waals surface area contributed by atoms with E-state index in [4.69, 9.17) is 16.3 Å². The summed E-state index contributed by atoms with van der Waals surface area (Å²) in [4.78, 5) is 11.9. The smallest absolute Gasteiger partial charge is 0.244 e. The molecule has 0 aliphatic rings. The summed E-state index contributed by atoms with van der Waals surface area (Å²) in [6.07, 6.45) is 3.29. The van der Waals surface area contributed by atoms with Crippen LogP contribution in [0.4, 0.5) is 0 Å². The van der Waals surface area contributed by atoms with Gasteiger partial charge in [-0.3, -0.25) is 4.79 Å². The molecule has 114 valence electrons. The summed E-state index contributed by atoms with van der Waals surface area (Å²) in [6, 6.07) is 14.9. The lowest BCUT2D eigenvalue weighted by atomic mass is 10.1. The van der Waals surface area contributed by atoms with Crippen molar-refractivity contribution in [2.45, 2.75) is 13.0 Å². The zero-order chi connectivity index (χ0) is 15.9. The standard InChI is InChI=1S/C18H18ClNO2/c1-13(15-6-8-16(19)9-7-15)20-18(21)12-5-14-3-10-17(22-2)11-4-14/h3-13H,1-2H3,(H,20,21)/b12-5+/t13-/m1/s1. The van der Waals surface area contributed by atoms with E-state index in [0.717, 1.165) is 16.9 Å². The van der Waals surface area contributed by atoms with Gasteiger partial charge in [-0.25, -0.2) is 0 Å². The average Bonchev–Trinajstić information content (AvgIpc) is 2.54. The Morgan fingerprint density at radius 3 is 2.36 bits per heavy atom. The average molecular weight is 316 g/mol. The van der Waals surface area contributed by atoms with Crippen molar-refractivity contribution in [2.24, 2.45) is 0 Å². The van der Waals surface area contributed by atoms with Gasteiger partial charge in [0.25, 0.3) is 0 Å². The van der Waals surface area contributed by atoms with Crippen molar-refractivity contribution in [2.75, 3.05) is 7.11 Å². The lowest BCUT2D eigenvalue weighted by Crippen LogP contribution is -2.24. The molecule has 0 aliphatic carbocycles. The van der Waals surface area contributed by atoms with Gasteiger partial charge in [0.1, 0.15) is 5.75 Å². The van der Waals surface area contributed by atoms with Crippen LogP contribution < -0.4 is 10.1 Å². The Balaban J connectivity index is 1.93. The highest BCUT2D eigenvalue weighted by atomic mass is 35.5. The van der Waals surface area contributed by atoms with Crippen LogP contribution in [-0.2, 0) is 4.79 Å². The normalized spacial score (nSPS) is 12.1. The third-order valence-electron chi connectivity index (χ3n) is 3.27. The van der Waals surface area contributed by atoms with Crippen molar-refractivity contribution in [3.05, 3.63) is 70.8 Å². The number of carbonyl (C=O) groups is 1.